The van der Waals surface area contributed by atoms with E-state index >= 15 is 0 Å². The number of anilines is 1. The highest BCUT2D eigenvalue weighted by atomic mass is 19.4. The third-order valence-corrected chi connectivity index (χ3v) is 3.67. The second kappa shape index (κ2) is 5.86. The van der Waals surface area contributed by atoms with E-state index in [1.807, 2.05) is 0 Å². The summed E-state index contributed by atoms with van der Waals surface area (Å²) in [6, 6.07) is 4.66. The standard InChI is InChI=1S/C17H17F3N4O2/c1-9-22-12-7-10(5-6-13(12)26-9)23-15(25)11-8-21-24(16(2,3)4)14(11)17(18,19)20/h5-8H,1-4H3,(H,23,25). The smallest absolute Gasteiger partial charge is 0.433 e. The molecule has 0 bridgehead atoms. The molecule has 0 saturated carbocycles. The van der Waals surface area contributed by atoms with Crippen LogP contribution in [0, 0.1) is 6.92 Å². The lowest BCUT2D eigenvalue weighted by Crippen LogP contribution is -2.30. The Bertz CT molecular complexity index is 980. The number of hydrogen-bond donors (Lipinski definition) is 1. The van der Waals surface area contributed by atoms with E-state index in [-0.39, 0.29) is 0 Å². The molecule has 0 radical (unpaired) electrons. The van der Waals surface area contributed by atoms with Crippen LogP contribution in [0.3, 0.4) is 0 Å². The van der Waals surface area contributed by atoms with Crippen molar-refractivity contribution in [3.8, 4) is 0 Å². The number of alkyl halides is 3. The fourth-order valence-electron chi connectivity index (χ4n) is 2.61. The van der Waals surface area contributed by atoms with Crippen LogP contribution in [0.4, 0.5) is 18.9 Å². The van der Waals surface area contributed by atoms with Crippen LogP contribution in [0.1, 0.15) is 42.7 Å². The van der Waals surface area contributed by atoms with Crippen LogP contribution in [0.25, 0.3) is 11.1 Å². The van der Waals surface area contributed by atoms with E-state index in [0.29, 0.717) is 22.7 Å². The Morgan fingerprint density at radius 1 is 1.23 bits per heavy atom. The summed E-state index contributed by atoms with van der Waals surface area (Å²) in [5.41, 5.74) is -1.21. The van der Waals surface area contributed by atoms with Crippen molar-refractivity contribution in [3.63, 3.8) is 0 Å². The predicted octanol–water partition coefficient (Wildman–Crippen LogP) is 4.36. The lowest BCUT2D eigenvalue weighted by molar-refractivity contribution is -0.146. The highest BCUT2D eigenvalue weighted by Gasteiger charge is 2.42. The molecule has 1 aromatic carbocycles. The van der Waals surface area contributed by atoms with Crippen LogP contribution in [-0.2, 0) is 11.7 Å². The Balaban J connectivity index is 1.97. The van der Waals surface area contributed by atoms with Gasteiger partial charge in [-0.05, 0) is 39.0 Å². The van der Waals surface area contributed by atoms with Gasteiger partial charge in [0.15, 0.2) is 17.2 Å². The van der Waals surface area contributed by atoms with E-state index in [1.54, 1.807) is 33.8 Å². The predicted molar refractivity (Wildman–Crippen MR) is 88.9 cm³/mol. The van der Waals surface area contributed by atoms with Gasteiger partial charge in [0.1, 0.15) is 5.52 Å². The monoisotopic (exact) mass is 366 g/mol. The van der Waals surface area contributed by atoms with Crippen LogP contribution in [0.15, 0.2) is 28.8 Å². The number of benzene rings is 1. The Morgan fingerprint density at radius 3 is 2.54 bits per heavy atom. The molecule has 0 aliphatic rings. The molecule has 0 aliphatic carbocycles. The van der Waals surface area contributed by atoms with Gasteiger partial charge in [0.2, 0.25) is 0 Å². The van der Waals surface area contributed by atoms with Crippen LogP contribution in [0.5, 0.6) is 0 Å². The number of fused-ring (bicyclic) bond motifs is 1. The second-order valence-corrected chi connectivity index (χ2v) is 6.86. The van der Waals surface area contributed by atoms with E-state index in [2.05, 4.69) is 15.4 Å². The van der Waals surface area contributed by atoms with Gasteiger partial charge in [0.25, 0.3) is 5.91 Å². The first-order chi connectivity index (χ1) is 12.0. The minimum absolute atomic E-state index is 0.312. The van der Waals surface area contributed by atoms with Gasteiger partial charge in [-0.25, -0.2) is 4.98 Å². The molecule has 3 rings (SSSR count). The lowest BCUT2D eigenvalue weighted by Gasteiger charge is -2.23. The minimum Gasteiger partial charge on any atom is -0.441 e. The molecule has 0 spiro atoms. The summed E-state index contributed by atoms with van der Waals surface area (Å²) < 4.78 is 46.7. The summed E-state index contributed by atoms with van der Waals surface area (Å²) in [6.07, 6.45) is -3.79. The fraction of sp³-hybridized carbons (Fsp3) is 0.353. The third-order valence-electron chi connectivity index (χ3n) is 3.67. The number of carbonyl (C=O) groups excluding carboxylic acids is 1. The summed E-state index contributed by atoms with van der Waals surface area (Å²) in [5.74, 6) is -0.443. The maximum absolute atomic E-state index is 13.5. The molecule has 9 heteroatoms. The number of rotatable bonds is 2. The van der Waals surface area contributed by atoms with Crippen molar-refractivity contribution in [1.29, 1.82) is 0 Å². The van der Waals surface area contributed by atoms with E-state index in [1.165, 1.54) is 12.1 Å². The zero-order valence-corrected chi connectivity index (χ0v) is 14.6. The van der Waals surface area contributed by atoms with E-state index in [9.17, 15) is 18.0 Å². The van der Waals surface area contributed by atoms with Crippen LogP contribution in [-0.4, -0.2) is 20.7 Å². The van der Waals surface area contributed by atoms with Crippen LogP contribution in [0.2, 0.25) is 0 Å². The molecular weight excluding hydrogens is 349 g/mol. The second-order valence-electron chi connectivity index (χ2n) is 6.86. The number of carbonyl (C=O) groups is 1. The van der Waals surface area contributed by atoms with Crippen molar-refractivity contribution >= 4 is 22.7 Å². The van der Waals surface area contributed by atoms with Crippen molar-refractivity contribution in [2.24, 2.45) is 0 Å². The molecule has 6 nitrogen and oxygen atoms in total. The van der Waals surface area contributed by atoms with Crippen LogP contribution >= 0.6 is 0 Å². The number of nitrogens with one attached hydrogen (secondary N) is 1. The molecule has 0 aliphatic heterocycles. The first-order valence-corrected chi connectivity index (χ1v) is 7.81. The number of aromatic nitrogens is 3. The molecule has 0 saturated heterocycles. The van der Waals surface area contributed by atoms with Crippen molar-refractivity contribution in [3.05, 3.63) is 41.5 Å². The number of amides is 1. The average Bonchev–Trinajstić information content (AvgIpc) is 3.08. The van der Waals surface area contributed by atoms with E-state index in [4.69, 9.17) is 4.42 Å². The molecule has 2 aromatic heterocycles. The molecule has 1 N–H and O–H groups in total. The van der Waals surface area contributed by atoms with Gasteiger partial charge in [-0.15, -0.1) is 0 Å². The van der Waals surface area contributed by atoms with Crippen molar-refractivity contribution in [2.75, 3.05) is 5.32 Å². The maximum Gasteiger partial charge on any atom is 0.433 e. The molecule has 138 valence electrons. The maximum atomic E-state index is 13.5. The lowest BCUT2D eigenvalue weighted by atomic mass is 10.1. The third kappa shape index (κ3) is 3.29. The summed E-state index contributed by atoms with van der Waals surface area (Å²) in [7, 11) is 0. The normalized spacial score (nSPS) is 12.6. The number of nitrogens with zero attached hydrogens (tertiary/aromatic N) is 3. The summed E-state index contributed by atoms with van der Waals surface area (Å²) in [4.78, 5) is 16.6. The molecule has 2 heterocycles. The van der Waals surface area contributed by atoms with Gasteiger partial charge in [-0.3, -0.25) is 9.48 Å². The molecule has 1 amide bonds. The summed E-state index contributed by atoms with van der Waals surface area (Å²) in [6.45, 7) is 6.42. The molecule has 0 unspecified atom stereocenters. The minimum atomic E-state index is -4.72. The highest BCUT2D eigenvalue weighted by Crippen LogP contribution is 2.35. The summed E-state index contributed by atoms with van der Waals surface area (Å²) in [5, 5.41) is 6.24. The molecule has 26 heavy (non-hydrogen) atoms. The van der Waals surface area contributed by atoms with Gasteiger partial charge in [0, 0.05) is 12.6 Å². The van der Waals surface area contributed by atoms with Crippen molar-refractivity contribution in [1.82, 2.24) is 14.8 Å². The molecule has 0 fully saturated rings. The number of hydrogen-bond acceptors (Lipinski definition) is 4. The van der Waals surface area contributed by atoms with E-state index in [0.717, 1.165) is 10.9 Å². The molecule has 3 aromatic rings. The Hall–Kier alpha value is -2.84. The summed E-state index contributed by atoms with van der Waals surface area (Å²) >= 11 is 0. The van der Waals surface area contributed by atoms with Gasteiger partial charge >= 0.3 is 6.18 Å². The van der Waals surface area contributed by atoms with Crippen molar-refractivity contribution in [2.45, 2.75) is 39.4 Å². The quantitative estimate of drug-likeness (QED) is 0.731. The van der Waals surface area contributed by atoms with Gasteiger partial charge in [-0.1, -0.05) is 0 Å². The van der Waals surface area contributed by atoms with Gasteiger partial charge in [-0.2, -0.15) is 18.3 Å². The Labute approximate surface area is 147 Å². The largest absolute Gasteiger partial charge is 0.441 e. The number of oxazole rings is 1. The Kier molecular flexibility index (Phi) is 4.05. The topological polar surface area (TPSA) is 73.0 Å². The van der Waals surface area contributed by atoms with E-state index < -0.39 is 28.9 Å². The number of halogens is 3. The molecule has 0 atom stereocenters. The fourth-order valence-corrected chi connectivity index (χ4v) is 2.61. The number of aryl methyl sites for hydroxylation is 1. The zero-order chi connectivity index (χ0) is 19.3. The SMILES string of the molecule is Cc1nc2cc(NC(=O)c3cnn(C(C)(C)C)c3C(F)(F)F)ccc2o1. The first-order valence-electron chi connectivity index (χ1n) is 7.81. The van der Waals surface area contributed by atoms with Gasteiger partial charge < -0.3 is 9.73 Å². The highest BCUT2D eigenvalue weighted by molar-refractivity contribution is 6.05. The van der Waals surface area contributed by atoms with Crippen molar-refractivity contribution < 1.29 is 22.4 Å². The van der Waals surface area contributed by atoms with Gasteiger partial charge in [0.05, 0.1) is 17.3 Å². The Morgan fingerprint density at radius 2 is 1.92 bits per heavy atom. The molecular formula is C17H17F3N4O2. The first kappa shape index (κ1) is 18.0. The average molecular weight is 366 g/mol. The zero-order valence-electron chi connectivity index (χ0n) is 14.6. The van der Waals surface area contributed by atoms with Crippen LogP contribution < -0.4 is 5.32 Å².